The van der Waals surface area contributed by atoms with Crippen molar-refractivity contribution < 1.29 is 14.6 Å². The highest BCUT2D eigenvalue weighted by Crippen LogP contribution is 2.10. The Labute approximate surface area is 78.1 Å². The van der Waals surface area contributed by atoms with E-state index in [4.69, 9.17) is 9.84 Å². The predicted octanol–water partition coefficient (Wildman–Crippen LogP) is 1.42. The second kappa shape index (κ2) is 5.60. The van der Waals surface area contributed by atoms with Crippen LogP contribution in [0, 0.1) is 11.8 Å². The topological polar surface area (TPSA) is 46.5 Å². The van der Waals surface area contributed by atoms with Gasteiger partial charge < -0.3 is 9.84 Å². The minimum absolute atomic E-state index is 0.170. The summed E-state index contributed by atoms with van der Waals surface area (Å²) in [6.07, 6.45) is 5.00. The molecule has 1 atom stereocenters. The average molecular weight is 182 g/mol. The van der Waals surface area contributed by atoms with Crippen LogP contribution in [0.25, 0.3) is 0 Å². The lowest BCUT2D eigenvalue weighted by Gasteiger charge is -2.11. The lowest BCUT2D eigenvalue weighted by molar-refractivity contribution is -0.143. The van der Waals surface area contributed by atoms with Gasteiger partial charge in [-0.25, -0.2) is 4.79 Å². The lowest BCUT2D eigenvalue weighted by Crippen LogP contribution is -2.17. The Morgan fingerprint density at radius 2 is 2.31 bits per heavy atom. The molecule has 0 saturated heterocycles. The van der Waals surface area contributed by atoms with Crippen molar-refractivity contribution in [2.75, 3.05) is 6.61 Å². The summed E-state index contributed by atoms with van der Waals surface area (Å²) in [6, 6.07) is 0. The standard InChI is InChI=1S/C10H14O3/c11-10(12)8-13-9-6-4-2-1-3-5-7-9/h9H,1-4,6,8H2,(H,11,12). The van der Waals surface area contributed by atoms with Gasteiger partial charge in [0.2, 0.25) is 0 Å². The van der Waals surface area contributed by atoms with Crippen LogP contribution in [0.3, 0.4) is 0 Å². The van der Waals surface area contributed by atoms with Gasteiger partial charge in [-0.1, -0.05) is 12.3 Å². The summed E-state index contributed by atoms with van der Waals surface area (Å²) >= 11 is 0. The fraction of sp³-hybridized carbons (Fsp3) is 0.700. The van der Waals surface area contributed by atoms with E-state index in [-0.39, 0.29) is 12.7 Å². The lowest BCUT2D eigenvalue weighted by atomic mass is 10.1. The molecule has 0 aromatic carbocycles. The maximum atomic E-state index is 10.2. The fourth-order valence-electron chi connectivity index (χ4n) is 1.27. The van der Waals surface area contributed by atoms with E-state index < -0.39 is 5.97 Å². The smallest absolute Gasteiger partial charge is 0.329 e. The van der Waals surface area contributed by atoms with Crippen molar-refractivity contribution in [3.05, 3.63) is 0 Å². The molecule has 13 heavy (non-hydrogen) atoms. The molecule has 3 nitrogen and oxygen atoms in total. The second-order valence-electron chi connectivity index (χ2n) is 3.11. The van der Waals surface area contributed by atoms with Gasteiger partial charge in [0.15, 0.2) is 0 Å². The van der Waals surface area contributed by atoms with Gasteiger partial charge in [0.05, 0.1) is 0 Å². The first kappa shape index (κ1) is 10.1. The van der Waals surface area contributed by atoms with Crippen LogP contribution in [0.4, 0.5) is 0 Å². The molecule has 72 valence electrons. The van der Waals surface area contributed by atoms with Crippen molar-refractivity contribution >= 4 is 5.97 Å². The van der Waals surface area contributed by atoms with E-state index in [0.717, 1.165) is 25.7 Å². The van der Waals surface area contributed by atoms with E-state index in [1.54, 1.807) is 0 Å². The molecule has 0 spiro atoms. The monoisotopic (exact) mass is 182 g/mol. The summed E-state index contributed by atoms with van der Waals surface area (Å²) in [7, 11) is 0. The molecular formula is C10H14O3. The number of carboxylic acids is 1. The van der Waals surface area contributed by atoms with E-state index in [2.05, 4.69) is 11.8 Å². The summed E-state index contributed by atoms with van der Waals surface area (Å²) in [5.74, 6) is 5.01. The van der Waals surface area contributed by atoms with Gasteiger partial charge in [0, 0.05) is 6.42 Å². The summed E-state index contributed by atoms with van der Waals surface area (Å²) in [4.78, 5) is 10.2. The molecule has 1 unspecified atom stereocenters. The normalized spacial score (nSPS) is 22.3. The molecule has 0 bridgehead atoms. The number of hydrogen-bond acceptors (Lipinski definition) is 2. The molecule has 0 aromatic rings. The number of hydrogen-bond donors (Lipinski definition) is 1. The Bertz CT molecular complexity index is 224. The number of aliphatic carboxylic acids is 1. The third kappa shape index (κ3) is 4.54. The molecule has 1 N–H and O–H groups in total. The van der Waals surface area contributed by atoms with E-state index in [1.165, 1.54) is 6.42 Å². The molecule has 1 aliphatic carbocycles. The van der Waals surface area contributed by atoms with Crippen LogP contribution in [-0.2, 0) is 9.53 Å². The summed E-state index contributed by atoms with van der Waals surface area (Å²) in [5.41, 5.74) is 0. The molecule has 3 heteroatoms. The molecule has 1 aliphatic rings. The molecule has 1 rings (SSSR count). The minimum atomic E-state index is -0.927. The van der Waals surface area contributed by atoms with Gasteiger partial charge in [-0.2, -0.15) is 0 Å². The molecule has 0 radical (unpaired) electrons. The summed E-state index contributed by atoms with van der Waals surface area (Å²) < 4.78 is 5.11. The Kier molecular flexibility index (Phi) is 4.34. The third-order valence-electron chi connectivity index (χ3n) is 1.94. The zero-order chi connectivity index (χ0) is 9.52. The summed E-state index contributed by atoms with van der Waals surface area (Å²) in [6.45, 7) is -0.237. The molecule has 0 aromatic heterocycles. The first-order valence-corrected chi connectivity index (χ1v) is 4.61. The Balaban J connectivity index is 2.32. The van der Waals surface area contributed by atoms with Crippen molar-refractivity contribution in [2.45, 2.75) is 38.2 Å². The number of ether oxygens (including phenoxy) is 1. The van der Waals surface area contributed by atoms with Crippen molar-refractivity contribution in [1.29, 1.82) is 0 Å². The Morgan fingerprint density at radius 3 is 3.08 bits per heavy atom. The fourth-order valence-corrected chi connectivity index (χ4v) is 1.27. The molecule has 0 aliphatic heterocycles. The largest absolute Gasteiger partial charge is 0.480 e. The molecule has 0 saturated carbocycles. The SMILES string of the molecule is O=C(O)COC1C#CCCCCC1. The van der Waals surface area contributed by atoms with Crippen molar-refractivity contribution in [1.82, 2.24) is 0 Å². The van der Waals surface area contributed by atoms with Gasteiger partial charge in [0.1, 0.15) is 12.7 Å². The van der Waals surface area contributed by atoms with Gasteiger partial charge in [-0.3, -0.25) is 0 Å². The van der Waals surface area contributed by atoms with E-state index in [1.807, 2.05) is 0 Å². The van der Waals surface area contributed by atoms with Crippen LogP contribution in [-0.4, -0.2) is 23.8 Å². The van der Waals surface area contributed by atoms with E-state index >= 15 is 0 Å². The van der Waals surface area contributed by atoms with Gasteiger partial charge in [-0.05, 0) is 19.3 Å². The first-order valence-electron chi connectivity index (χ1n) is 4.61. The first-order chi connectivity index (χ1) is 6.29. The predicted molar refractivity (Wildman–Crippen MR) is 48.2 cm³/mol. The molecular weight excluding hydrogens is 168 g/mol. The van der Waals surface area contributed by atoms with Crippen LogP contribution >= 0.6 is 0 Å². The van der Waals surface area contributed by atoms with Gasteiger partial charge >= 0.3 is 5.97 Å². The zero-order valence-electron chi connectivity index (χ0n) is 7.58. The maximum absolute atomic E-state index is 10.2. The van der Waals surface area contributed by atoms with Crippen LogP contribution in [0.1, 0.15) is 32.1 Å². The Hall–Kier alpha value is -1.01. The number of carboxylic acid groups (broad SMARTS) is 1. The Morgan fingerprint density at radius 1 is 1.46 bits per heavy atom. The third-order valence-corrected chi connectivity index (χ3v) is 1.94. The van der Waals surface area contributed by atoms with E-state index in [0.29, 0.717) is 0 Å². The van der Waals surface area contributed by atoms with Crippen LogP contribution in [0.5, 0.6) is 0 Å². The van der Waals surface area contributed by atoms with Crippen LogP contribution < -0.4 is 0 Å². The number of rotatable bonds is 3. The van der Waals surface area contributed by atoms with Crippen molar-refractivity contribution in [3.8, 4) is 11.8 Å². The highest BCUT2D eigenvalue weighted by Gasteiger charge is 2.08. The van der Waals surface area contributed by atoms with Crippen molar-refractivity contribution in [3.63, 3.8) is 0 Å². The number of carbonyl (C=O) groups is 1. The van der Waals surface area contributed by atoms with Crippen LogP contribution in [0.15, 0.2) is 0 Å². The van der Waals surface area contributed by atoms with Crippen molar-refractivity contribution in [2.24, 2.45) is 0 Å². The second-order valence-corrected chi connectivity index (χ2v) is 3.11. The van der Waals surface area contributed by atoms with E-state index in [9.17, 15) is 4.79 Å². The highest BCUT2D eigenvalue weighted by molar-refractivity contribution is 5.68. The van der Waals surface area contributed by atoms with Gasteiger partial charge in [-0.15, -0.1) is 5.92 Å². The van der Waals surface area contributed by atoms with Crippen LogP contribution in [0.2, 0.25) is 0 Å². The minimum Gasteiger partial charge on any atom is -0.480 e. The molecule has 0 fully saturated rings. The molecule has 0 heterocycles. The van der Waals surface area contributed by atoms with Gasteiger partial charge in [0.25, 0.3) is 0 Å². The summed E-state index contributed by atoms with van der Waals surface area (Å²) in [5, 5.41) is 8.40. The average Bonchev–Trinajstić information content (AvgIpc) is 2.01. The zero-order valence-corrected chi connectivity index (χ0v) is 7.58. The molecule has 0 amide bonds. The maximum Gasteiger partial charge on any atom is 0.329 e. The quantitative estimate of drug-likeness (QED) is 0.671. The highest BCUT2D eigenvalue weighted by atomic mass is 16.5.